The summed E-state index contributed by atoms with van der Waals surface area (Å²) in [5.41, 5.74) is 8.79. The first-order chi connectivity index (χ1) is 8.93. The van der Waals surface area contributed by atoms with Crippen LogP contribution in [0.15, 0.2) is 18.2 Å². The first-order valence-electron chi connectivity index (χ1n) is 7.08. The molecule has 19 heavy (non-hydrogen) atoms. The molecule has 2 rings (SSSR count). The molecule has 1 aromatic rings. The Hall–Kier alpha value is -1.06. The number of nitrogens with zero attached hydrogens (tertiary/aromatic N) is 1. The van der Waals surface area contributed by atoms with Crippen LogP contribution >= 0.6 is 0 Å². The molecule has 106 valence electrons. The van der Waals surface area contributed by atoms with Gasteiger partial charge in [-0.3, -0.25) is 0 Å². The van der Waals surface area contributed by atoms with Gasteiger partial charge in [0.15, 0.2) is 0 Å². The van der Waals surface area contributed by atoms with Gasteiger partial charge in [-0.15, -0.1) is 0 Å². The van der Waals surface area contributed by atoms with Crippen molar-refractivity contribution >= 4 is 0 Å². The summed E-state index contributed by atoms with van der Waals surface area (Å²) >= 11 is 0. The van der Waals surface area contributed by atoms with Crippen molar-refractivity contribution in [3.8, 4) is 5.75 Å². The molecule has 1 saturated carbocycles. The maximum atomic E-state index is 6.16. The lowest BCUT2D eigenvalue weighted by molar-refractivity contribution is 0.289. The van der Waals surface area contributed by atoms with Crippen molar-refractivity contribution in [3.05, 3.63) is 29.3 Å². The Kier molecular flexibility index (Phi) is 4.16. The van der Waals surface area contributed by atoms with E-state index in [2.05, 4.69) is 44.0 Å². The van der Waals surface area contributed by atoms with Crippen LogP contribution in [0.5, 0.6) is 5.75 Å². The largest absolute Gasteiger partial charge is 0.496 e. The van der Waals surface area contributed by atoms with E-state index in [4.69, 9.17) is 10.5 Å². The normalized spacial score (nSPS) is 17.0. The minimum Gasteiger partial charge on any atom is -0.496 e. The van der Waals surface area contributed by atoms with Crippen molar-refractivity contribution in [1.29, 1.82) is 0 Å². The van der Waals surface area contributed by atoms with E-state index in [0.717, 1.165) is 31.7 Å². The molecule has 2 N–H and O–H groups in total. The molecule has 0 spiro atoms. The molecule has 0 aromatic heterocycles. The number of nitrogens with two attached hydrogens (primary N) is 1. The molecule has 0 bridgehead atoms. The lowest BCUT2D eigenvalue weighted by Gasteiger charge is -2.22. The lowest BCUT2D eigenvalue weighted by Crippen LogP contribution is -2.36. The van der Waals surface area contributed by atoms with Gasteiger partial charge in [-0.25, -0.2) is 0 Å². The Morgan fingerprint density at radius 2 is 2.05 bits per heavy atom. The molecule has 0 heterocycles. The molecule has 0 amide bonds. The molecule has 0 saturated heterocycles. The van der Waals surface area contributed by atoms with Gasteiger partial charge in [0.1, 0.15) is 5.75 Å². The Morgan fingerprint density at radius 1 is 1.37 bits per heavy atom. The van der Waals surface area contributed by atoms with Crippen LogP contribution in [-0.2, 0) is 6.54 Å². The van der Waals surface area contributed by atoms with Gasteiger partial charge in [0.2, 0.25) is 0 Å². The van der Waals surface area contributed by atoms with E-state index < -0.39 is 0 Å². The van der Waals surface area contributed by atoms with Crippen LogP contribution < -0.4 is 10.5 Å². The summed E-state index contributed by atoms with van der Waals surface area (Å²) in [4.78, 5) is 2.29. The highest BCUT2D eigenvalue weighted by Crippen LogP contribution is 2.33. The van der Waals surface area contributed by atoms with E-state index in [1.807, 2.05) is 0 Å². The molecule has 1 fully saturated rings. The van der Waals surface area contributed by atoms with Gasteiger partial charge in [0.05, 0.1) is 7.11 Å². The van der Waals surface area contributed by atoms with Crippen molar-refractivity contribution < 1.29 is 4.74 Å². The van der Waals surface area contributed by atoms with Crippen LogP contribution in [0, 0.1) is 0 Å². The van der Waals surface area contributed by atoms with E-state index in [-0.39, 0.29) is 5.54 Å². The van der Waals surface area contributed by atoms with Gasteiger partial charge in [-0.05, 0) is 37.4 Å². The average molecular weight is 262 g/mol. The van der Waals surface area contributed by atoms with E-state index in [1.165, 1.54) is 11.1 Å². The summed E-state index contributed by atoms with van der Waals surface area (Å²) in [5.74, 6) is 1.51. The fourth-order valence-corrected chi connectivity index (χ4v) is 2.45. The Labute approximate surface area is 116 Å². The van der Waals surface area contributed by atoms with Gasteiger partial charge in [0.25, 0.3) is 0 Å². The molecule has 0 radical (unpaired) electrons. The van der Waals surface area contributed by atoms with Crippen LogP contribution in [0.2, 0.25) is 0 Å². The maximum Gasteiger partial charge on any atom is 0.123 e. The standard InChI is InChI=1S/C16H26N2O/c1-12(2)13-5-6-14(15(9-13)19-4)10-18(3)11-16(17)7-8-16/h5-6,9,12H,7-8,10-11,17H2,1-4H3. The lowest BCUT2D eigenvalue weighted by atomic mass is 10.0. The number of likely N-dealkylation sites (N-methyl/N-ethyl adjacent to an activating group) is 1. The summed E-state index contributed by atoms with van der Waals surface area (Å²) in [7, 11) is 3.87. The first-order valence-corrected chi connectivity index (χ1v) is 7.08. The van der Waals surface area contributed by atoms with E-state index in [1.54, 1.807) is 7.11 Å². The fraction of sp³-hybridized carbons (Fsp3) is 0.625. The average Bonchev–Trinajstić information content (AvgIpc) is 3.06. The van der Waals surface area contributed by atoms with Crippen molar-refractivity contribution in [2.45, 2.75) is 44.7 Å². The Bertz CT molecular complexity index is 438. The highest BCUT2D eigenvalue weighted by atomic mass is 16.5. The smallest absolute Gasteiger partial charge is 0.123 e. The fourth-order valence-electron chi connectivity index (χ4n) is 2.45. The zero-order valence-electron chi connectivity index (χ0n) is 12.6. The molecular weight excluding hydrogens is 236 g/mol. The molecule has 3 nitrogen and oxygen atoms in total. The van der Waals surface area contributed by atoms with E-state index in [9.17, 15) is 0 Å². The highest BCUT2D eigenvalue weighted by Gasteiger charge is 2.38. The molecule has 1 aliphatic carbocycles. The minimum absolute atomic E-state index is 0.0693. The SMILES string of the molecule is COc1cc(C(C)C)ccc1CN(C)CC1(N)CC1. The zero-order valence-corrected chi connectivity index (χ0v) is 12.6. The molecule has 1 aromatic carbocycles. The number of hydrogen-bond donors (Lipinski definition) is 1. The van der Waals surface area contributed by atoms with Gasteiger partial charge in [0, 0.05) is 24.2 Å². The monoisotopic (exact) mass is 262 g/mol. The zero-order chi connectivity index (χ0) is 14.0. The van der Waals surface area contributed by atoms with Crippen molar-refractivity contribution in [2.75, 3.05) is 20.7 Å². The molecule has 1 aliphatic rings. The number of ether oxygens (including phenoxy) is 1. The third-order valence-electron chi connectivity index (χ3n) is 3.90. The Balaban J connectivity index is 2.06. The van der Waals surface area contributed by atoms with Crippen molar-refractivity contribution in [2.24, 2.45) is 5.73 Å². The van der Waals surface area contributed by atoms with Crippen LogP contribution in [0.25, 0.3) is 0 Å². The third kappa shape index (κ3) is 3.71. The number of methoxy groups -OCH3 is 1. The van der Waals surface area contributed by atoms with Crippen LogP contribution in [0.3, 0.4) is 0 Å². The van der Waals surface area contributed by atoms with Gasteiger partial charge >= 0.3 is 0 Å². The van der Waals surface area contributed by atoms with Gasteiger partial charge < -0.3 is 15.4 Å². The topological polar surface area (TPSA) is 38.5 Å². The van der Waals surface area contributed by atoms with E-state index >= 15 is 0 Å². The van der Waals surface area contributed by atoms with Crippen LogP contribution in [0.4, 0.5) is 0 Å². The molecular formula is C16H26N2O. The molecule has 3 heteroatoms. The Morgan fingerprint density at radius 3 is 2.58 bits per heavy atom. The van der Waals surface area contributed by atoms with Gasteiger partial charge in [-0.1, -0.05) is 26.0 Å². The summed E-state index contributed by atoms with van der Waals surface area (Å²) in [5, 5.41) is 0. The summed E-state index contributed by atoms with van der Waals surface area (Å²) in [6.07, 6.45) is 2.31. The second-order valence-corrected chi connectivity index (χ2v) is 6.26. The first kappa shape index (κ1) is 14.4. The minimum atomic E-state index is 0.0693. The number of benzene rings is 1. The second kappa shape index (κ2) is 5.51. The second-order valence-electron chi connectivity index (χ2n) is 6.26. The molecule has 0 aliphatic heterocycles. The summed E-state index contributed by atoms with van der Waals surface area (Å²) < 4.78 is 5.52. The van der Waals surface area contributed by atoms with Crippen LogP contribution in [-0.4, -0.2) is 31.1 Å². The third-order valence-corrected chi connectivity index (χ3v) is 3.90. The molecule has 0 atom stereocenters. The van der Waals surface area contributed by atoms with E-state index in [0.29, 0.717) is 5.92 Å². The van der Waals surface area contributed by atoms with Crippen molar-refractivity contribution in [1.82, 2.24) is 4.90 Å². The summed E-state index contributed by atoms with van der Waals surface area (Å²) in [6, 6.07) is 6.54. The number of hydrogen-bond acceptors (Lipinski definition) is 3. The number of rotatable bonds is 6. The molecule has 0 unspecified atom stereocenters. The van der Waals surface area contributed by atoms with Crippen LogP contribution in [0.1, 0.15) is 43.7 Å². The maximum absolute atomic E-state index is 6.16. The summed E-state index contributed by atoms with van der Waals surface area (Å²) in [6.45, 7) is 6.25. The highest BCUT2D eigenvalue weighted by molar-refractivity contribution is 5.38. The predicted octanol–water partition coefficient (Wildman–Crippen LogP) is 2.74. The quantitative estimate of drug-likeness (QED) is 0.856. The van der Waals surface area contributed by atoms with Crippen molar-refractivity contribution in [3.63, 3.8) is 0 Å². The predicted molar refractivity (Wildman–Crippen MR) is 79.6 cm³/mol. The van der Waals surface area contributed by atoms with Gasteiger partial charge in [-0.2, -0.15) is 0 Å².